The maximum atomic E-state index is 12.8. The summed E-state index contributed by atoms with van der Waals surface area (Å²) in [5.41, 5.74) is 9.26. The molecular weight excluding hydrogens is 418 g/mol. The molecule has 0 saturated heterocycles. The number of benzene rings is 2. The van der Waals surface area contributed by atoms with Crippen LogP contribution in [0, 0.1) is 6.57 Å². The lowest BCUT2D eigenvalue weighted by Crippen LogP contribution is -2.34. The summed E-state index contributed by atoms with van der Waals surface area (Å²) in [4.78, 5) is 26.0. The van der Waals surface area contributed by atoms with E-state index in [1.54, 1.807) is 16.8 Å². The topological polar surface area (TPSA) is 115 Å². The Bertz CT molecular complexity index is 1370. The van der Waals surface area contributed by atoms with Crippen LogP contribution in [0.15, 0.2) is 73.2 Å². The Morgan fingerprint density at radius 2 is 1.97 bits per heavy atom. The van der Waals surface area contributed by atoms with E-state index >= 15 is 0 Å². The van der Waals surface area contributed by atoms with E-state index in [1.165, 1.54) is 11.2 Å². The Balaban J connectivity index is 1.74. The summed E-state index contributed by atoms with van der Waals surface area (Å²) in [5, 5.41) is 14.8. The van der Waals surface area contributed by atoms with Gasteiger partial charge in [-0.2, -0.15) is 5.10 Å². The van der Waals surface area contributed by atoms with Gasteiger partial charge in [0.15, 0.2) is 5.65 Å². The highest BCUT2D eigenvalue weighted by atomic mass is 16.3. The van der Waals surface area contributed by atoms with Crippen molar-refractivity contribution in [3.8, 4) is 11.3 Å². The predicted octanol–water partition coefficient (Wildman–Crippen LogP) is 3.03. The Hall–Kier alpha value is -4.55. The molecule has 9 nitrogen and oxygen atoms in total. The number of carbonyl (C=O) groups excluding carboxylic acids is 1. The molecule has 0 radical (unpaired) electrons. The van der Waals surface area contributed by atoms with Crippen molar-refractivity contribution in [3.05, 3.63) is 90.2 Å². The summed E-state index contributed by atoms with van der Waals surface area (Å²) >= 11 is 0. The average Bonchev–Trinajstić information content (AvgIpc) is 3.24. The fourth-order valence-corrected chi connectivity index (χ4v) is 3.56. The number of nitrogens with zero attached hydrogens (tertiary/aromatic N) is 6. The maximum Gasteiger partial charge on any atom is 0.256 e. The number of amides is 1. The number of carbonyl (C=O) groups is 1. The van der Waals surface area contributed by atoms with E-state index in [4.69, 9.17) is 17.4 Å². The lowest BCUT2D eigenvalue weighted by Gasteiger charge is -2.22. The Morgan fingerprint density at radius 1 is 1.18 bits per heavy atom. The van der Waals surface area contributed by atoms with Crippen LogP contribution >= 0.6 is 0 Å². The first-order valence-corrected chi connectivity index (χ1v) is 10.1. The highest BCUT2D eigenvalue weighted by Gasteiger charge is 2.21. The minimum Gasteiger partial charge on any atom is -0.392 e. The highest BCUT2D eigenvalue weighted by molar-refractivity contribution is 6.06. The molecule has 0 saturated carbocycles. The summed E-state index contributed by atoms with van der Waals surface area (Å²) in [6.45, 7) is 11.2. The van der Waals surface area contributed by atoms with Crippen molar-refractivity contribution in [2.45, 2.75) is 13.2 Å². The van der Waals surface area contributed by atoms with Gasteiger partial charge in [0, 0.05) is 17.8 Å². The number of aromatic nitrogens is 4. The van der Waals surface area contributed by atoms with Crippen LogP contribution in [0.4, 0.5) is 11.5 Å². The van der Waals surface area contributed by atoms with E-state index in [9.17, 15) is 9.90 Å². The molecule has 2 heterocycles. The van der Waals surface area contributed by atoms with E-state index in [0.717, 1.165) is 11.1 Å². The van der Waals surface area contributed by atoms with Crippen LogP contribution in [-0.2, 0) is 17.9 Å². The van der Waals surface area contributed by atoms with Gasteiger partial charge in [0.05, 0.1) is 25.1 Å². The zero-order valence-corrected chi connectivity index (χ0v) is 17.7. The Labute approximate surface area is 190 Å². The first-order chi connectivity index (χ1) is 16.0. The lowest BCUT2D eigenvalue weighted by atomic mass is 10.1. The predicted molar refractivity (Wildman–Crippen MR) is 126 cm³/mol. The molecular formula is C24H21N7O2. The van der Waals surface area contributed by atoms with Gasteiger partial charge in [0.25, 0.3) is 5.91 Å². The molecule has 2 aromatic carbocycles. The minimum absolute atomic E-state index is 0.0997. The van der Waals surface area contributed by atoms with Crippen LogP contribution in [0.3, 0.4) is 0 Å². The van der Waals surface area contributed by atoms with Gasteiger partial charge in [-0.1, -0.05) is 43.0 Å². The number of aliphatic hydroxyl groups is 1. The zero-order valence-electron chi connectivity index (χ0n) is 17.7. The first kappa shape index (κ1) is 21.7. The second-order valence-corrected chi connectivity index (χ2v) is 7.24. The second kappa shape index (κ2) is 9.30. The largest absolute Gasteiger partial charge is 0.392 e. The van der Waals surface area contributed by atoms with Crippen molar-refractivity contribution < 1.29 is 9.90 Å². The van der Waals surface area contributed by atoms with Gasteiger partial charge in [-0.05, 0) is 23.8 Å². The number of fused-ring (bicyclic) bond motifs is 1. The van der Waals surface area contributed by atoms with Gasteiger partial charge < -0.3 is 15.7 Å². The fraction of sp³-hybridized carbons (Fsp3) is 0.125. The van der Waals surface area contributed by atoms with E-state index < -0.39 is 5.91 Å². The average molecular weight is 439 g/mol. The van der Waals surface area contributed by atoms with Crippen molar-refractivity contribution in [1.82, 2.24) is 19.7 Å². The third kappa shape index (κ3) is 4.28. The van der Waals surface area contributed by atoms with Crippen LogP contribution in [-0.4, -0.2) is 37.3 Å². The summed E-state index contributed by atoms with van der Waals surface area (Å²) in [5.74, 6) is -0.189. The smallest absolute Gasteiger partial charge is 0.256 e. The molecule has 0 spiro atoms. The quantitative estimate of drug-likeness (QED) is 0.338. The molecule has 33 heavy (non-hydrogen) atoms. The number of aliphatic hydroxyl groups excluding tert-OH is 1. The van der Waals surface area contributed by atoms with Crippen LogP contribution < -0.4 is 10.6 Å². The molecule has 2 aromatic heterocycles. The zero-order chi connectivity index (χ0) is 23.4. The molecule has 1 amide bonds. The van der Waals surface area contributed by atoms with E-state index in [0.29, 0.717) is 29.0 Å². The summed E-state index contributed by atoms with van der Waals surface area (Å²) in [7, 11) is 0. The van der Waals surface area contributed by atoms with Gasteiger partial charge in [0.2, 0.25) is 5.70 Å². The lowest BCUT2D eigenvalue weighted by molar-refractivity contribution is -0.114. The molecule has 0 atom stereocenters. The first-order valence-electron chi connectivity index (χ1n) is 10.1. The third-order valence-corrected chi connectivity index (χ3v) is 5.17. The molecule has 4 aromatic rings. The van der Waals surface area contributed by atoms with E-state index in [-0.39, 0.29) is 24.7 Å². The number of nitrogen functional groups attached to an aromatic ring is 1. The molecule has 164 valence electrons. The van der Waals surface area contributed by atoms with Gasteiger partial charge in [-0.15, -0.1) is 0 Å². The Kier molecular flexibility index (Phi) is 6.11. The van der Waals surface area contributed by atoms with Crippen molar-refractivity contribution in [1.29, 1.82) is 0 Å². The van der Waals surface area contributed by atoms with Gasteiger partial charge >= 0.3 is 0 Å². The maximum absolute atomic E-state index is 12.8. The number of rotatable bonds is 7. The van der Waals surface area contributed by atoms with Crippen molar-refractivity contribution in [3.63, 3.8) is 0 Å². The second-order valence-electron chi connectivity index (χ2n) is 7.24. The van der Waals surface area contributed by atoms with E-state index in [1.807, 2.05) is 42.5 Å². The summed E-state index contributed by atoms with van der Waals surface area (Å²) in [6, 6.07) is 16.4. The molecule has 0 fully saturated rings. The number of hydrogen-bond donors (Lipinski definition) is 2. The monoisotopic (exact) mass is 439 g/mol. The van der Waals surface area contributed by atoms with Gasteiger partial charge in [0.1, 0.15) is 17.8 Å². The summed E-state index contributed by atoms with van der Waals surface area (Å²) in [6.07, 6.45) is 1.37. The van der Waals surface area contributed by atoms with Crippen LogP contribution in [0.1, 0.15) is 5.56 Å². The molecule has 0 bridgehead atoms. The van der Waals surface area contributed by atoms with Crippen molar-refractivity contribution >= 4 is 28.4 Å². The molecule has 3 N–H and O–H groups in total. The van der Waals surface area contributed by atoms with Crippen molar-refractivity contribution in [2.24, 2.45) is 0 Å². The van der Waals surface area contributed by atoms with E-state index in [2.05, 4.69) is 21.4 Å². The normalized spacial score (nSPS) is 10.7. The van der Waals surface area contributed by atoms with Gasteiger partial charge in [-0.25, -0.2) is 19.5 Å². The van der Waals surface area contributed by atoms with Crippen LogP contribution in [0.2, 0.25) is 0 Å². The summed E-state index contributed by atoms with van der Waals surface area (Å²) < 4.78 is 1.66. The van der Waals surface area contributed by atoms with Crippen LogP contribution in [0.5, 0.6) is 0 Å². The molecule has 0 aliphatic rings. The SMILES string of the molecule is [C-]#[N+]C(=C)C(=O)N(CCn1nc(-c2cccc(CO)c2)c2c(N)ncnc21)c1ccccc1. The number of hydrogen-bond acceptors (Lipinski definition) is 6. The fourth-order valence-electron chi connectivity index (χ4n) is 3.56. The molecule has 0 unspecified atom stereocenters. The van der Waals surface area contributed by atoms with Crippen LogP contribution in [0.25, 0.3) is 27.1 Å². The number of para-hydroxylation sites is 1. The minimum atomic E-state index is -0.474. The highest BCUT2D eigenvalue weighted by Crippen LogP contribution is 2.30. The number of nitrogens with two attached hydrogens (primary N) is 1. The molecule has 9 heteroatoms. The molecule has 0 aliphatic carbocycles. The Morgan fingerprint density at radius 3 is 2.70 bits per heavy atom. The van der Waals surface area contributed by atoms with Crippen molar-refractivity contribution in [2.75, 3.05) is 17.2 Å². The third-order valence-electron chi connectivity index (χ3n) is 5.17. The standard InChI is InChI=1S/C24H21N7O2/c1-16(26-2)24(33)30(19-9-4-3-5-10-19)11-12-31-23-20(22(25)27-15-28-23)21(29-31)18-8-6-7-17(13-18)14-32/h3-10,13,15,32H,1,11-12,14H2,(H2,25,27,28). The van der Waals surface area contributed by atoms with Gasteiger partial charge in [-0.3, -0.25) is 4.79 Å². The molecule has 4 rings (SSSR count). The number of anilines is 2. The molecule has 0 aliphatic heterocycles.